The first-order chi connectivity index (χ1) is 9.62. The molecule has 1 aromatic carbocycles. The highest BCUT2D eigenvalue weighted by molar-refractivity contribution is 6.60. The van der Waals surface area contributed by atoms with E-state index in [0.29, 0.717) is 25.7 Å². The van der Waals surface area contributed by atoms with Crippen molar-refractivity contribution in [2.24, 2.45) is 5.92 Å². The maximum absolute atomic E-state index is 6.12. The standard InChI is InChI=1S/C16H28O3Si/c1-5-17-20(18-6-2,19-13-12-15(3)4)14-16-10-8-7-9-11-16/h7-11,15H,5-6,12-14H2,1-4H3. The zero-order valence-electron chi connectivity index (χ0n) is 13.2. The van der Waals surface area contributed by atoms with Crippen LogP contribution in [-0.4, -0.2) is 28.6 Å². The van der Waals surface area contributed by atoms with Gasteiger partial charge in [0.15, 0.2) is 0 Å². The number of rotatable bonds is 10. The summed E-state index contributed by atoms with van der Waals surface area (Å²) in [6.07, 6.45) is 1.03. The quantitative estimate of drug-likeness (QED) is 0.614. The zero-order valence-corrected chi connectivity index (χ0v) is 14.2. The van der Waals surface area contributed by atoms with E-state index in [0.717, 1.165) is 12.5 Å². The Morgan fingerprint density at radius 3 is 2.05 bits per heavy atom. The minimum atomic E-state index is -2.60. The van der Waals surface area contributed by atoms with Crippen molar-refractivity contribution < 1.29 is 13.3 Å². The van der Waals surface area contributed by atoms with Crippen molar-refractivity contribution in [3.8, 4) is 0 Å². The van der Waals surface area contributed by atoms with Gasteiger partial charge in [-0.05, 0) is 31.7 Å². The van der Waals surface area contributed by atoms with Crippen molar-refractivity contribution in [3.05, 3.63) is 35.9 Å². The van der Waals surface area contributed by atoms with Gasteiger partial charge in [-0.15, -0.1) is 0 Å². The Morgan fingerprint density at radius 1 is 0.950 bits per heavy atom. The van der Waals surface area contributed by atoms with Crippen LogP contribution in [0.25, 0.3) is 0 Å². The number of hydrogen-bond donors (Lipinski definition) is 0. The van der Waals surface area contributed by atoms with E-state index in [1.54, 1.807) is 0 Å². The summed E-state index contributed by atoms with van der Waals surface area (Å²) in [6.45, 7) is 10.4. The number of benzene rings is 1. The Hall–Kier alpha value is -0.683. The van der Waals surface area contributed by atoms with Crippen LogP contribution in [-0.2, 0) is 19.3 Å². The second-order valence-electron chi connectivity index (χ2n) is 5.24. The largest absolute Gasteiger partial charge is 0.505 e. The van der Waals surface area contributed by atoms with Gasteiger partial charge in [-0.25, -0.2) is 0 Å². The molecule has 0 atom stereocenters. The van der Waals surface area contributed by atoms with Gasteiger partial charge in [-0.2, -0.15) is 0 Å². The predicted molar refractivity (Wildman–Crippen MR) is 84.6 cm³/mol. The molecule has 0 saturated carbocycles. The molecule has 0 aromatic heterocycles. The summed E-state index contributed by atoms with van der Waals surface area (Å²) in [5, 5.41) is 0. The average Bonchev–Trinajstić information content (AvgIpc) is 2.40. The molecule has 0 radical (unpaired) electrons. The Morgan fingerprint density at radius 2 is 1.55 bits per heavy atom. The van der Waals surface area contributed by atoms with E-state index in [4.69, 9.17) is 13.3 Å². The van der Waals surface area contributed by atoms with Crippen LogP contribution in [0.2, 0.25) is 0 Å². The summed E-state index contributed by atoms with van der Waals surface area (Å²) in [4.78, 5) is 0. The maximum atomic E-state index is 6.12. The summed E-state index contributed by atoms with van der Waals surface area (Å²) in [6, 6.07) is 11.1. The topological polar surface area (TPSA) is 27.7 Å². The zero-order chi connectivity index (χ0) is 14.8. The van der Waals surface area contributed by atoms with Gasteiger partial charge >= 0.3 is 8.80 Å². The maximum Gasteiger partial charge on any atom is 0.505 e. The summed E-state index contributed by atoms with van der Waals surface area (Å²) < 4.78 is 18.0. The normalized spacial score (nSPS) is 12.1. The Kier molecular flexibility index (Phi) is 8.07. The summed E-state index contributed by atoms with van der Waals surface area (Å²) in [7, 11) is -2.60. The van der Waals surface area contributed by atoms with Crippen LogP contribution in [0.3, 0.4) is 0 Å². The highest BCUT2D eigenvalue weighted by atomic mass is 28.4. The van der Waals surface area contributed by atoms with Gasteiger partial charge in [0, 0.05) is 25.9 Å². The van der Waals surface area contributed by atoms with Crippen molar-refractivity contribution in [1.82, 2.24) is 0 Å². The molecule has 4 heteroatoms. The first-order valence-corrected chi connectivity index (χ1v) is 9.51. The van der Waals surface area contributed by atoms with Crippen LogP contribution in [0.15, 0.2) is 30.3 Å². The Bertz CT molecular complexity index is 348. The van der Waals surface area contributed by atoms with Crippen molar-refractivity contribution in [2.45, 2.75) is 40.2 Å². The van der Waals surface area contributed by atoms with Gasteiger partial charge in [-0.1, -0.05) is 44.2 Å². The smallest absolute Gasteiger partial charge is 0.374 e. The molecule has 114 valence electrons. The van der Waals surface area contributed by atoms with Crippen LogP contribution in [0.4, 0.5) is 0 Å². The van der Waals surface area contributed by atoms with Gasteiger partial charge < -0.3 is 13.3 Å². The molecule has 1 rings (SSSR count). The lowest BCUT2D eigenvalue weighted by molar-refractivity contribution is 0.0628. The van der Waals surface area contributed by atoms with E-state index in [-0.39, 0.29) is 0 Å². The van der Waals surface area contributed by atoms with Gasteiger partial charge in [-0.3, -0.25) is 0 Å². The molecule has 0 bridgehead atoms. The lowest BCUT2D eigenvalue weighted by Gasteiger charge is -2.29. The van der Waals surface area contributed by atoms with E-state index in [1.807, 2.05) is 32.0 Å². The lowest BCUT2D eigenvalue weighted by atomic mass is 10.2. The van der Waals surface area contributed by atoms with Crippen LogP contribution >= 0.6 is 0 Å². The molecular weight excluding hydrogens is 268 g/mol. The molecule has 1 aromatic rings. The molecule has 0 spiro atoms. The van der Waals surface area contributed by atoms with Gasteiger partial charge in [0.2, 0.25) is 0 Å². The van der Waals surface area contributed by atoms with Gasteiger partial charge in [0.25, 0.3) is 0 Å². The van der Waals surface area contributed by atoms with E-state index in [1.165, 1.54) is 5.56 Å². The SMILES string of the molecule is CCO[Si](Cc1ccccc1)(OCC)OCCC(C)C. The third-order valence-electron chi connectivity index (χ3n) is 3.01. The number of hydrogen-bond acceptors (Lipinski definition) is 3. The predicted octanol–water partition coefficient (Wildman–Crippen LogP) is 3.84. The second kappa shape index (κ2) is 9.29. The fourth-order valence-corrected chi connectivity index (χ4v) is 4.61. The molecule has 0 N–H and O–H groups in total. The molecule has 0 saturated heterocycles. The van der Waals surface area contributed by atoms with Crippen LogP contribution in [0, 0.1) is 5.92 Å². The van der Waals surface area contributed by atoms with E-state index in [2.05, 4.69) is 26.0 Å². The minimum Gasteiger partial charge on any atom is -0.374 e. The lowest BCUT2D eigenvalue weighted by Crippen LogP contribution is -2.49. The summed E-state index contributed by atoms with van der Waals surface area (Å²) >= 11 is 0. The van der Waals surface area contributed by atoms with Crippen LogP contribution < -0.4 is 0 Å². The average molecular weight is 296 g/mol. The molecule has 0 aliphatic carbocycles. The molecular formula is C16H28O3Si. The molecule has 0 aliphatic heterocycles. The van der Waals surface area contributed by atoms with Crippen molar-refractivity contribution >= 4 is 8.80 Å². The van der Waals surface area contributed by atoms with E-state index < -0.39 is 8.80 Å². The molecule has 0 heterocycles. The van der Waals surface area contributed by atoms with E-state index >= 15 is 0 Å². The second-order valence-corrected chi connectivity index (χ2v) is 7.83. The van der Waals surface area contributed by atoms with Gasteiger partial charge in [0.1, 0.15) is 0 Å². The third-order valence-corrected chi connectivity index (χ3v) is 5.95. The summed E-state index contributed by atoms with van der Waals surface area (Å²) in [5.41, 5.74) is 1.21. The molecule has 0 aliphatic rings. The van der Waals surface area contributed by atoms with Crippen molar-refractivity contribution in [3.63, 3.8) is 0 Å². The Balaban J connectivity index is 2.74. The van der Waals surface area contributed by atoms with Crippen molar-refractivity contribution in [2.75, 3.05) is 19.8 Å². The molecule has 0 amide bonds. The summed E-state index contributed by atoms with van der Waals surface area (Å²) in [5.74, 6) is 0.627. The van der Waals surface area contributed by atoms with Crippen LogP contribution in [0.5, 0.6) is 0 Å². The molecule has 20 heavy (non-hydrogen) atoms. The molecule has 3 nitrogen and oxygen atoms in total. The highest BCUT2D eigenvalue weighted by Gasteiger charge is 2.40. The minimum absolute atomic E-state index is 0.626. The first kappa shape index (κ1) is 17.4. The molecule has 0 unspecified atom stereocenters. The molecule has 0 fully saturated rings. The van der Waals surface area contributed by atoms with E-state index in [9.17, 15) is 0 Å². The van der Waals surface area contributed by atoms with Crippen molar-refractivity contribution in [1.29, 1.82) is 0 Å². The Labute approximate surface area is 124 Å². The van der Waals surface area contributed by atoms with Gasteiger partial charge in [0.05, 0.1) is 0 Å². The monoisotopic (exact) mass is 296 g/mol. The van der Waals surface area contributed by atoms with Crippen LogP contribution in [0.1, 0.15) is 39.7 Å². The fraction of sp³-hybridized carbons (Fsp3) is 0.625. The third kappa shape index (κ3) is 6.18. The first-order valence-electron chi connectivity index (χ1n) is 7.57. The fourth-order valence-electron chi connectivity index (χ4n) is 2.01. The highest BCUT2D eigenvalue weighted by Crippen LogP contribution is 2.18.